The van der Waals surface area contributed by atoms with E-state index in [4.69, 9.17) is 9.26 Å². The van der Waals surface area contributed by atoms with Crippen molar-refractivity contribution in [1.29, 1.82) is 0 Å². The van der Waals surface area contributed by atoms with Crippen molar-refractivity contribution in [3.63, 3.8) is 0 Å². The molecule has 0 saturated carbocycles. The first-order valence-corrected chi connectivity index (χ1v) is 6.98. The number of aryl methyl sites for hydroxylation is 1. The first-order chi connectivity index (χ1) is 10.8. The minimum atomic E-state index is 0.526. The van der Waals surface area contributed by atoms with E-state index < -0.39 is 0 Å². The van der Waals surface area contributed by atoms with Crippen molar-refractivity contribution in [3.05, 3.63) is 36.1 Å². The number of ether oxygens (including phenoxy) is 1. The number of hydrogen-bond donors (Lipinski definition) is 0. The molecule has 22 heavy (non-hydrogen) atoms. The van der Waals surface area contributed by atoms with Crippen LogP contribution in [0.5, 0.6) is 5.88 Å². The third kappa shape index (κ3) is 1.82. The van der Waals surface area contributed by atoms with Crippen LogP contribution in [-0.2, 0) is 0 Å². The van der Waals surface area contributed by atoms with Gasteiger partial charge in [0.25, 0.3) is 0 Å². The molecule has 7 nitrogen and oxygen atoms in total. The van der Waals surface area contributed by atoms with Crippen LogP contribution in [0.15, 0.2) is 34.9 Å². The van der Waals surface area contributed by atoms with Gasteiger partial charge in [-0.1, -0.05) is 23.4 Å². The topological polar surface area (TPSA) is 78.3 Å². The van der Waals surface area contributed by atoms with Crippen LogP contribution in [0.25, 0.3) is 27.9 Å². The fourth-order valence-corrected chi connectivity index (χ4v) is 2.43. The molecule has 4 rings (SSSR count). The average molecular weight is 295 g/mol. The molecule has 0 N–H and O–H groups in total. The summed E-state index contributed by atoms with van der Waals surface area (Å²) >= 11 is 0. The molecule has 0 amide bonds. The third-order valence-electron chi connectivity index (χ3n) is 3.37. The average Bonchev–Trinajstić information content (AvgIpc) is 3.14. The Morgan fingerprint density at radius 1 is 1.18 bits per heavy atom. The number of fused-ring (bicyclic) bond motifs is 3. The van der Waals surface area contributed by atoms with Crippen LogP contribution < -0.4 is 4.74 Å². The Balaban J connectivity index is 2.06. The monoisotopic (exact) mass is 295 g/mol. The van der Waals surface area contributed by atoms with Crippen molar-refractivity contribution in [2.45, 2.75) is 13.8 Å². The summed E-state index contributed by atoms with van der Waals surface area (Å²) in [6.07, 6.45) is 0. The molecule has 110 valence electrons. The van der Waals surface area contributed by atoms with Crippen molar-refractivity contribution in [2.75, 3.05) is 6.61 Å². The van der Waals surface area contributed by atoms with E-state index in [0.717, 1.165) is 10.8 Å². The van der Waals surface area contributed by atoms with Crippen molar-refractivity contribution < 1.29 is 9.26 Å². The zero-order valence-corrected chi connectivity index (χ0v) is 12.1. The van der Waals surface area contributed by atoms with Gasteiger partial charge in [0.05, 0.1) is 6.61 Å². The maximum Gasteiger partial charge on any atom is 0.239 e. The fourth-order valence-electron chi connectivity index (χ4n) is 2.43. The minimum absolute atomic E-state index is 0.526. The smallest absolute Gasteiger partial charge is 0.239 e. The van der Waals surface area contributed by atoms with Gasteiger partial charge >= 0.3 is 0 Å². The molecule has 3 heterocycles. The van der Waals surface area contributed by atoms with Crippen molar-refractivity contribution >= 4 is 16.4 Å². The Hall–Kier alpha value is -2.96. The second-order valence-corrected chi connectivity index (χ2v) is 4.87. The Kier molecular flexibility index (Phi) is 2.78. The van der Waals surface area contributed by atoms with E-state index in [0.29, 0.717) is 35.4 Å². The van der Waals surface area contributed by atoms with Crippen LogP contribution in [0.1, 0.15) is 12.7 Å². The molecule has 0 spiro atoms. The molecule has 0 aliphatic carbocycles. The summed E-state index contributed by atoms with van der Waals surface area (Å²) in [6, 6.07) is 9.63. The van der Waals surface area contributed by atoms with Gasteiger partial charge in [-0.15, -0.1) is 15.3 Å². The van der Waals surface area contributed by atoms with Crippen LogP contribution >= 0.6 is 0 Å². The standard InChI is InChI=1S/C15H13N5O2/c1-3-21-15-11-7-5-4-6-10(11)13-16-17-14(20(13)18-15)12-8-9(2)22-19-12/h4-8H,3H2,1-2H3. The van der Waals surface area contributed by atoms with Gasteiger partial charge in [0.15, 0.2) is 11.3 Å². The molecular weight excluding hydrogens is 282 g/mol. The van der Waals surface area contributed by atoms with Gasteiger partial charge in [-0.25, -0.2) is 0 Å². The fraction of sp³-hybridized carbons (Fsp3) is 0.200. The summed E-state index contributed by atoms with van der Waals surface area (Å²) in [5, 5.41) is 18.8. The van der Waals surface area contributed by atoms with Crippen LogP contribution in [0.2, 0.25) is 0 Å². The van der Waals surface area contributed by atoms with Gasteiger partial charge in [-0.3, -0.25) is 0 Å². The maximum atomic E-state index is 5.66. The van der Waals surface area contributed by atoms with E-state index >= 15 is 0 Å². The van der Waals surface area contributed by atoms with E-state index in [1.54, 1.807) is 10.6 Å². The predicted molar refractivity (Wildman–Crippen MR) is 79.7 cm³/mol. The summed E-state index contributed by atoms with van der Waals surface area (Å²) in [7, 11) is 0. The lowest BCUT2D eigenvalue weighted by Crippen LogP contribution is -2.02. The van der Waals surface area contributed by atoms with Crippen LogP contribution in [0, 0.1) is 6.92 Å². The second kappa shape index (κ2) is 4.80. The van der Waals surface area contributed by atoms with Crippen molar-refractivity contribution in [3.8, 4) is 17.4 Å². The van der Waals surface area contributed by atoms with E-state index in [-0.39, 0.29) is 0 Å². The lowest BCUT2D eigenvalue weighted by molar-refractivity contribution is 0.326. The lowest BCUT2D eigenvalue weighted by atomic mass is 10.2. The van der Waals surface area contributed by atoms with Crippen molar-refractivity contribution in [2.24, 2.45) is 0 Å². The largest absolute Gasteiger partial charge is 0.476 e. The Labute approximate surface area is 125 Å². The number of benzene rings is 1. The number of aromatic nitrogens is 5. The summed E-state index contributed by atoms with van der Waals surface area (Å²) in [5.74, 6) is 1.78. The molecule has 1 aromatic carbocycles. The highest BCUT2D eigenvalue weighted by atomic mass is 16.5. The number of hydrogen-bond acceptors (Lipinski definition) is 6. The van der Waals surface area contributed by atoms with Gasteiger partial charge in [0.1, 0.15) is 5.76 Å². The third-order valence-corrected chi connectivity index (χ3v) is 3.37. The first-order valence-electron chi connectivity index (χ1n) is 6.98. The molecule has 0 radical (unpaired) electrons. The van der Waals surface area contributed by atoms with Crippen LogP contribution in [0.4, 0.5) is 0 Å². The molecule has 0 unspecified atom stereocenters. The highest BCUT2D eigenvalue weighted by molar-refractivity contribution is 5.96. The lowest BCUT2D eigenvalue weighted by Gasteiger charge is -2.07. The number of rotatable bonds is 3. The molecule has 3 aromatic heterocycles. The Bertz CT molecular complexity index is 973. The molecule has 0 fully saturated rings. The molecule has 0 saturated heterocycles. The molecule has 7 heteroatoms. The summed E-state index contributed by atoms with van der Waals surface area (Å²) in [6.45, 7) is 4.28. The van der Waals surface area contributed by atoms with Crippen molar-refractivity contribution in [1.82, 2.24) is 25.0 Å². The zero-order chi connectivity index (χ0) is 15.1. The summed E-state index contributed by atoms with van der Waals surface area (Å²) < 4.78 is 12.4. The summed E-state index contributed by atoms with van der Waals surface area (Å²) in [4.78, 5) is 0. The molecule has 0 atom stereocenters. The predicted octanol–water partition coefficient (Wildman–Crippen LogP) is 2.64. The summed E-state index contributed by atoms with van der Waals surface area (Å²) in [5.41, 5.74) is 1.25. The normalized spacial score (nSPS) is 11.4. The van der Waals surface area contributed by atoms with E-state index in [1.807, 2.05) is 38.1 Å². The molecule has 0 aliphatic rings. The molecular formula is C15H13N5O2. The first kappa shape index (κ1) is 12.8. The molecule has 0 bridgehead atoms. The van der Waals surface area contributed by atoms with E-state index in [1.165, 1.54) is 0 Å². The highest BCUT2D eigenvalue weighted by Gasteiger charge is 2.17. The van der Waals surface area contributed by atoms with E-state index in [9.17, 15) is 0 Å². The zero-order valence-electron chi connectivity index (χ0n) is 12.1. The maximum absolute atomic E-state index is 5.66. The molecule has 0 aliphatic heterocycles. The van der Waals surface area contributed by atoms with Crippen LogP contribution in [-0.4, -0.2) is 31.6 Å². The van der Waals surface area contributed by atoms with Gasteiger partial charge in [0.2, 0.25) is 11.7 Å². The quantitative estimate of drug-likeness (QED) is 0.578. The van der Waals surface area contributed by atoms with Gasteiger partial charge in [-0.05, 0) is 19.9 Å². The highest BCUT2D eigenvalue weighted by Crippen LogP contribution is 2.28. The number of nitrogens with zero attached hydrogens (tertiary/aromatic N) is 5. The van der Waals surface area contributed by atoms with Gasteiger partial charge in [-0.2, -0.15) is 4.52 Å². The van der Waals surface area contributed by atoms with Gasteiger partial charge < -0.3 is 9.26 Å². The Morgan fingerprint density at radius 2 is 2.00 bits per heavy atom. The minimum Gasteiger partial charge on any atom is -0.476 e. The SMILES string of the molecule is CCOc1nn2c(-c3cc(C)on3)nnc2c2ccccc12. The van der Waals surface area contributed by atoms with Gasteiger partial charge in [0, 0.05) is 16.8 Å². The Morgan fingerprint density at radius 3 is 2.73 bits per heavy atom. The molecule has 4 aromatic rings. The van der Waals surface area contributed by atoms with E-state index in [2.05, 4.69) is 20.5 Å². The second-order valence-electron chi connectivity index (χ2n) is 4.87. The van der Waals surface area contributed by atoms with Crippen LogP contribution in [0.3, 0.4) is 0 Å².